The van der Waals surface area contributed by atoms with E-state index in [-0.39, 0.29) is 17.1 Å². The van der Waals surface area contributed by atoms with E-state index in [1.807, 2.05) is 31.2 Å². The fraction of sp³-hybridized carbons (Fsp3) is 0.156. The monoisotopic (exact) mass is 599 g/mol. The molecule has 1 unspecified atom stereocenters. The Hall–Kier alpha value is -5.00. The van der Waals surface area contributed by atoms with E-state index >= 15 is 0 Å². The summed E-state index contributed by atoms with van der Waals surface area (Å²) in [5, 5.41) is 12.8. The van der Waals surface area contributed by atoms with Crippen LogP contribution < -0.4 is 14.8 Å². The number of carboxylic acid groups (broad SMARTS) is 1. The van der Waals surface area contributed by atoms with Crippen molar-refractivity contribution in [3.05, 3.63) is 108 Å². The number of carboxylic acids is 1. The van der Waals surface area contributed by atoms with Crippen molar-refractivity contribution in [2.24, 2.45) is 0 Å². The summed E-state index contributed by atoms with van der Waals surface area (Å²) in [6.07, 6.45) is 3.52. The Kier molecular flexibility index (Phi) is 8.56. The average molecular weight is 600 g/mol. The van der Waals surface area contributed by atoms with Crippen LogP contribution in [0.4, 0.5) is 5.69 Å². The Morgan fingerprint density at radius 2 is 1.60 bits per heavy atom. The summed E-state index contributed by atoms with van der Waals surface area (Å²) in [6, 6.07) is 21.1. The van der Waals surface area contributed by atoms with E-state index in [0.29, 0.717) is 29.2 Å². The van der Waals surface area contributed by atoms with Crippen LogP contribution in [0.15, 0.2) is 101 Å². The summed E-state index contributed by atoms with van der Waals surface area (Å²) in [5.41, 5.74) is 4.25. The summed E-state index contributed by atoms with van der Waals surface area (Å²) in [7, 11) is -3.99. The molecule has 3 N–H and O–H groups in total. The highest BCUT2D eigenvalue weighted by atomic mass is 32.2. The number of carbonyl (C=O) groups is 2. The van der Waals surface area contributed by atoms with Gasteiger partial charge in [-0.3, -0.25) is 14.6 Å². The Bertz CT molecular complexity index is 1870. The number of carbonyl (C=O) groups excluding carboxylic acids is 1. The van der Waals surface area contributed by atoms with Crippen LogP contribution in [0.1, 0.15) is 35.0 Å². The van der Waals surface area contributed by atoms with Gasteiger partial charge in [-0.05, 0) is 78.6 Å². The lowest BCUT2D eigenvalue weighted by molar-refractivity contribution is -0.139. The van der Waals surface area contributed by atoms with Gasteiger partial charge in [0.1, 0.15) is 24.0 Å². The molecule has 11 heteroatoms. The highest BCUT2D eigenvalue weighted by Gasteiger charge is 2.24. The molecular formula is C32H29N3O7S. The number of aromatic nitrogens is 1. The van der Waals surface area contributed by atoms with E-state index in [1.165, 1.54) is 12.1 Å². The van der Waals surface area contributed by atoms with E-state index in [0.717, 1.165) is 22.1 Å². The summed E-state index contributed by atoms with van der Waals surface area (Å²) in [5.74, 6) is -0.852. The smallest absolute Gasteiger partial charge is 0.321 e. The van der Waals surface area contributed by atoms with Gasteiger partial charge in [-0.2, -0.15) is 4.72 Å². The Balaban J connectivity index is 1.28. The van der Waals surface area contributed by atoms with Crippen molar-refractivity contribution in [1.82, 2.24) is 9.71 Å². The molecule has 220 valence electrons. The summed E-state index contributed by atoms with van der Waals surface area (Å²) in [6.45, 7) is 3.75. The second-order valence-electron chi connectivity index (χ2n) is 9.81. The molecule has 0 bridgehead atoms. The summed E-state index contributed by atoms with van der Waals surface area (Å²) < 4.78 is 39.3. The minimum Gasteiger partial charge on any atom is -0.488 e. The van der Waals surface area contributed by atoms with Gasteiger partial charge in [-0.1, -0.05) is 37.3 Å². The number of benzene rings is 3. The molecule has 0 fully saturated rings. The van der Waals surface area contributed by atoms with Gasteiger partial charge in [-0.15, -0.1) is 0 Å². The zero-order chi connectivity index (χ0) is 30.6. The number of aliphatic carboxylic acids is 1. The zero-order valence-electron chi connectivity index (χ0n) is 23.4. The normalized spacial score (nSPS) is 12.1. The van der Waals surface area contributed by atoms with E-state index < -0.39 is 27.9 Å². The average Bonchev–Trinajstić information content (AvgIpc) is 3.36. The lowest BCUT2D eigenvalue weighted by Crippen LogP contribution is -2.40. The van der Waals surface area contributed by atoms with E-state index in [4.69, 9.17) is 14.3 Å². The van der Waals surface area contributed by atoms with Crippen LogP contribution in [-0.2, 0) is 21.4 Å². The van der Waals surface area contributed by atoms with Crippen LogP contribution in [0.5, 0.6) is 5.75 Å². The van der Waals surface area contributed by atoms with Gasteiger partial charge in [0.25, 0.3) is 5.91 Å². The largest absolute Gasteiger partial charge is 0.488 e. The van der Waals surface area contributed by atoms with Crippen LogP contribution in [0.3, 0.4) is 0 Å². The van der Waals surface area contributed by atoms with Crippen LogP contribution in [0.25, 0.3) is 22.1 Å². The van der Waals surface area contributed by atoms with Gasteiger partial charge in [0.15, 0.2) is 5.76 Å². The fourth-order valence-corrected chi connectivity index (χ4v) is 5.84. The highest BCUT2D eigenvalue weighted by molar-refractivity contribution is 7.89. The number of hydrogen-bond donors (Lipinski definition) is 3. The van der Waals surface area contributed by atoms with Crippen molar-refractivity contribution in [2.75, 3.05) is 5.32 Å². The molecule has 0 aliphatic carbocycles. The number of rotatable bonds is 11. The van der Waals surface area contributed by atoms with Crippen molar-refractivity contribution in [3.63, 3.8) is 0 Å². The number of nitrogens with one attached hydrogen (secondary N) is 2. The second kappa shape index (κ2) is 12.5. The van der Waals surface area contributed by atoms with Crippen LogP contribution in [0.2, 0.25) is 0 Å². The first-order valence-electron chi connectivity index (χ1n) is 13.5. The van der Waals surface area contributed by atoms with Crippen LogP contribution in [0, 0.1) is 6.92 Å². The van der Waals surface area contributed by atoms with Crippen molar-refractivity contribution in [1.29, 1.82) is 0 Å². The molecule has 43 heavy (non-hydrogen) atoms. The first-order valence-corrected chi connectivity index (χ1v) is 15.0. The third-order valence-corrected chi connectivity index (χ3v) is 8.40. The number of fused-ring (bicyclic) bond motifs is 1. The third kappa shape index (κ3) is 6.58. The van der Waals surface area contributed by atoms with Crippen molar-refractivity contribution >= 4 is 38.6 Å². The molecule has 0 aliphatic rings. The van der Waals surface area contributed by atoms with Crippen molar-refractivity contribution in [2.45, 2.75) is 37.8 Å². The van der Waals surface area contributed by atoms with Crippen LogP contribution in [-0.4, -0.2) is 36.4 Å². The number of ether oxygens (including phenoxy) is 1. The number of anilines is 1. The lowest BCUT2D eigenvalue weighted by atomic mass is 10.1. The maximum atomic E-state index is 13.2. The van der Waals surface area contributed by atoms with Gasteiger partial charge in [0.05, 0.1) is 10.3 Å². The lowest BCUT2D eigenvalue weighted by Gasteiger charge is -2.13. The molecule has 0 saturated heterocycles. The predicted molar refractivity (Wildman–Crippen MR) is 161 cm³/mol. The molecule has 0 saturated carbocycles. The van der Waals surface area contributed by atoms with Crippen molar-refractivity contribution in [3.8, 4) is 16.9 Å². The number of sulfonamides is 1. The number of nitrogens with zero attached hydrogens (tertiary/aromatic N) is 1. The number of furan rings is 1. The van der Waals surface area contributed by atoms with Gasteiger partial charge >= 0.3 is 5.97 Å². The molecule has 5 aromatic rings. The molecule has 1 amide bonds. The predicted octanol–water partition coefficient (Wildman–Crippen LogP) is 5.78. The van der Waals surface area contributed by atoms with E-state index in [2.05, 4.69) is 15.0 Å². The Morgan fingerprint density at radius 3 is 2.23 bits per heavy atom. The Labute approximate surface area is 248 Å². The minimum atomic E-state index is -3.99. The molecule has 2 aromatic heterocycles. The highest BCUT2D eigenvalue weighted by Crippen LogP contribution is 2.34. The number of hydrogen-bond acceptors (Lipinski definition) is 7. The van der Waals surface area contributed by atoms with Gasteiger partial charge in [-0.25, -0.2) is 8.42 Å². The molecule has 0 aliphatic heterocycles. The standard InChI is InChI=1S/C32H29N3O7S/c1-3-26(32(37)38)35-43(39,40)25-13-9-23(10-14-25)22-7-11-24(12-8-22)34-31(36)30-20(2)29-27(5-4-6-28(29)42-30)41-19-21-15-17-33-18-16-21/h4-18,26,35H,3,19H2,1-2H3,(H,34,36)(H,37,38). The van der Waals surface area contributed by atoms with Gasteiger partial charge in [0, 0.05) is 23.6 Å². The fourth-order valence-electron chi connectivity index (χ4n) is 4.57. The second-order valence-corrected chi connectivity index (χ2v) is 11.5. The summed E-state index contributed by atoms with van der Waals surface area (Å²) >= 11 is 0. The summed E-state index contributed by atoms with van der Waals surface area (Å²) in [4.78, 5) is 28.4. The van der Waals surface area contributed by atoms with Crippen molar-refractivity contribution < 1.29 is 32.3 Å². The minimum absolute atomic E-state index is 0.0352. The topological polar surface area (TPSA) is 148 Å². The first-order chi connectivity index (χ1) is 20.7. The van der Waals surface area contributed by atoms with Crippen LogP contribution >= 0.6 is 0 Å². The number of pyridine rings is 1. The maximum absolute atomic E-state index is 13.2. The van der Waals surface area contributed by atoms with E-state index in [1.54, 1.807) is 61.8 Å². The number of aryl methyl sites for hydroxylation is 1. The van der Waals surface area contributed by atoms with Gasteiger partial charge in [0.2, 0.25) is 10.0 Å². The van der Waals surface area contributed by atoms with Gasteiger partial charge < -0.3 is 19.6 Å². The molecule has 3 aromatic carbocycles. The first kappa shape index (κ1) is 29.5. The molecular weight excluding hydrogens is 570 g/mol. The number of amides is 1. The third-order valence-electron chi connectivity index (χ3n) is 6.91. The molecule has 0 radical (unpaired) electrons. The molecule has 10 nitrogen and oxygen atoms in total. The maximum Gasteiger partial charge on any atom is 0.321 e. The SMILES string of the molecule is CCC(NS(=O)(=O)c1ccc(-c2ccc(NC(=O)c3oc4cccc(OCc5ccncc5)c4c3C)cc2)cc1)C(=O)O. The molecule has 2 heterocycles. The molecule has 0 spiro atoms. The molecule has 1 atom stereocenters. The Morgan fingerprint density at radius 1 is 0.953 bits per heavy atom. The zero-order valence-corrected chi connectivity index (χ0v) is 24.2. The quantitative estimate of drug-likeness (QED) is 0.173. The van der Waals surface area contributed by atoms with E-state index in [9.17, 15) is 18.0 Å². The molecule has 5 rings (SSSR count).